The molecule has 0 spiro atoms. The zero-order valence-corrected chi connectivity index (χ0v) is 18.9. The van der Waals surface area contributed by atoms with Crippen LogP contribution >= 0.6 is 11.8 Å². The van der Waals surface area contributed by atoms with E-state index in [1.165, 1.54) is 18.7 Å². The zero-order valence-electron chi connectivity index (χ0n) is 18.1. The van der Waals surface area contributed by atoms with Gasteiger partial charge in [-0.05, 0) is 64.4 Å². The number of carbonyl (C=O) groups is 2. The molecular formula is C22H26N4O3S. The Morgan fingerprint density at radius 1 is 1.17 bits per heavy atom. The standard InChI is InChI=1S/C22H26N4O3S/c1-12(2)26-21(16-7-9-17(29-6)10-8-16)24-25-22(26)30-11-18(28)20-13(3)19(15(5)27)14(4)23-20/h7-10,12,23H,11H2,1-6H3. The predicted molar refractivity (Wildman–Crippen MR) is 118 cm³/mol. The Kier molecular flexibility index (Phi) is 6.45. The Labute approximate surface area is 180 Å². The third-order valence-electron chi connectivity index (χ3n) is 4.93. The molecule has 7 nitrogen and oxygen atoms in total. The van der Waals surface area contributed by atoms with Crippen molar-refractivity contribution in [2.75, 3.05) is 12.9 Å². The summed E-state index contributed by atoms with van der Waals surface area (Å²) in [7, 11) is 1.63. The summed E-state index contributed by atoms with van der Waals surface area (Å²) in [5, 5.41) is 9.36. The first-order chi connectivity index (χ1) is 14.2. The maximum atomic E-state index is 12.8. The number of ketones is 2. The van der Waals surface area contributed by atoms with Crippen LogP contribution in [0.4, 0.5) is 0 Å². The quantitative estimate of drug-likeness (QED) is 0.416. The molecule has 1 aromatic carbocycles. The molecule has 158 valence electrons. The monoisotopic (exact) mass is 426 g/mol. The van der Waals surface area contributed by atoms with Gasteiger partial charge in [0, 0.05) is 22.9 Å². The van der Waals surface area contributed by atoms with E-state index in [4.69, 9.17) is 4.74 Å². The third kappa shape index (κ3) is 4.18. The molecule has 3 aromatic rings. The topological polar surface area (TPSA) is 89.9 Å². The lowest BCUT2D eigenvalue weighted by molar-refractivity contribution is 0.101. The predicted octanol–water partition coefficient (Wildman–Crippen LogP) is 4.66. The van der Waals surface area contributed by atoms with Crippen molar-refractivity contribution in [1.82, 2.24) is 19.7 Å². The normalized spacial score (nSPS) is 11.2. The molecule has 2 aromatic heterocycles. The van der Waals surface area contributed by atoms with Gasteiger partial charge in [-0.25, -0.2) is 0 Å². The highest BCUT2D eigenvalue weighted by Gasteiger charge is 2.22. The van der Waals surface area contributed by atoms with E-state index >= 15 is 0 Å². The van der Waals surface area contributed by atoms with E-state index in [2.05, 4.69) is 29.0 Å². The van der Waals surface area contributed by atoms with E-state index in [1.54, 1.807) is 14.0 Å². The largest absolute Gasteiger partial charge is 0.497 e. The van der Waals surface area contributed by atoms with Crippen LogP contribution in [-0.4, -0.2) is 44.2 Å². The summed E-state index contributed by atoms with van der Waals surface area (Å²) < 4.78 is 7.24. The minimum Gasteiger partial charge on any atom is -0.497 e. The van der Waals surface area contributed by atoms with Crippen LogP contribution in [0.1, 0.15) is 58.9 Å². The first kappa shape index (κ1) is 21.8. The number of rotatable bonds is 8. The minimum atomic E-state index is -0.0718. The second-order valence-electron chi connectivity index (χ2n) is 7.39. The number of benzene rings is 1. The molecule has 30 heavy (non-hydrogen) atoms. The van der Waals surface area contributed by atoms with Crippen LogP contribution in [0, 0.1) is 13.8 Å². The zero-order chi connectivity index (χ0) is 22.0. The van der Waals surface area contributed by atoms with E-state index in [9.17, 15) is 9.59 Å². The number of H-pyrrole nitrogens is 1. The van der Waals surface area contributed by atoms with Gasteiger partial charge >= 0.3 is 0 Å². The number of aryl methyl sites for hydroxylation is 1. The van der Waals surface area contributed by atoms with Gasteiger partial charge in [0.25, 0.3) is 0 Å². The Hall–Kier alpha value is -2.87. The lowest BCUT2D eigenvalue weighted by atomic mass is 10.1. The van der Waals surface area contributed by atoms with E-state index in [-0.39, 0.29) is 23.4 Å². The Bertz CT molecular complexity index is 1080. The van der Waals surface area contributed by atoms with E-state index in [0.717, 1.165) is 22.8 Å². The van der Waals surface area contributed by atoms with Crippen LogP contribution < -0.4 is 4.74 Å². The van der Waals surface area contributed by atoms with E-state index in [0.29, 0.717) is 22.0 Å². The molecule has 0 unspecified atom stereocenters. The Morgan fingerprint density at radius 3 is 2.37 bits per heavy atom. The number of nitrogens with zero attached hydrogens (tertiary/aromatic N) is 3. The summed E-state index contributed by atoms with van der Waals surface area (Å²) in [4.78, 5) is 27.7. The third-order valence-corrected chi connectivity index (χ3v) is 5.87. The molecule has 0 aliphatic carbocycles. The van der Waals surface area contributed by atoms with E-state index in [1.807, 2.05) is 35.8 Å². The maximum absolute atomic E-state index is 12.8. The van der Waals surface area contributed by atoms with Crippen molar-refractivity contribution in [1.29, 1.82) is 0 Å². The molecule has 3 rings (SSSR count). The summed E-state index contributed by atoms with van der Waals surface area (Å²) in [5.41, 5.74) is 3.43. The van der Waals surface area contributed by atoms with Crippen molar-refractivity contribution in [2.45, 2.75) is 45.8 Å². The number of hydrogen-bond acceptors (Lipinski definition) is 6. The molecule has 0 saturated carbocycles. The first-order valence-electron chi connectivity index (χ1n) is 9.70. The smallest absolute Gasteiger partial charge is 0.192 e. The second kappa shape index (κ2) is 8.87. The number of carbonyl (C=O) groups excluding carboxylic acids is 2. The van der Waals surface area contributed by atoms with Crippen molar-refractivity contribution in [3.63, 3.8) is 0 Å². The lowest BCUT2D eigenvalue weighted by Gasteiger charge is -2.14. The SMILES string of the molecule is COc1ccc(-c2nnc(SCC(=O)c3[nH]c(C)c(C(C)=O)c3C)n2C(C)C)cc1. The molecule has 0 atom stereocenters. The number of hydrogen-bond donors (Lipinski definition) is 1. The maximum Gasteiger partial charge on any atom is 0.192 e. The highest BCUT2D eigenvalue weighted by Crippen LogP contribution is 2.29. The molecule has 0 aliphatic rings. The second-order valence-corrected chi connectivity index (χ2v) is 8.33. The fourth-order valence-electron chi connectivity index (χ4n) is 3.54. The number of ether oxygens (including phenoxy) is 1. The van der Waals surface area contributed by atoms with Gasteiger partial charge in [0.1, 0.15) is 5.75 Å². The van der Waals surface area contributed by atoms with Gasteiger partial charge in [0.05, 0.1) is 18.6 Å². The van der Waals surface area contributed by atoms with Crippen LogP contribution in [0.5, 0.6) is 5.75 Å². The number of thioether (sulfide) groups is 1. The molecule has 0 fully saturated rings. The van der Waals surface area contributed by atoms with Crippen molar-refractivity contribution < 1.29 is 14.3 Å². The van der Waals surface area contributed by atoms with Gasteiger partial charge in [0.15, 0.2) is 22.5 Å². The van der Waals surface area contributed by atoms with Crippen LogP contribution in [0.3, 0.4) is 0 Å². The summed E-state index contributed by atoms with van der Waals surface area (Å²) in [5.74, 6) is 1.60. The first-order valence-corrected chi connectivity index (χ1v) is 10.7. The molecule has 0 saturated heterocycles. The number of nitrogens with one attached hydrogen (secondary N) is 1. The summed E-state index contributed by atoms with van der Waals surface area (Å²) in [6, 6.07) is 7.77. The van der Waals surface area contributed by atoms with Gasteiger partial charge in [0.2, 0.25) is 0 Å². The van der Waals surface area contributed by atoms with E-state index < -0.39 is 0 Å². The Balaban J connectivity index is 1.84. The average Bonchev–Trinajstić information content (AvgIpc) is 3.26. The summed E-state index contributed by atoms with van der Waals surface area (Å²) >= 11 is 1.34. The minimum absolute atomic E-state index is 0.0448. The number of Topliss-reactive ketones (excluding diaryl/α,β-unsaturated/α-hetero) is 2. The van der Waals surface area contributed by atoms with Crippen LogP contribution in [0.25, 0.3) is 11.4 Å². The fraction of sp³-hybridized carbons (Fsp3) is 0.364. The average molecular weight is 427 g/mol. The van der Waals surface area contributed by atoms with Crippen molar-refractivity contribution >= 4 is 23.3 Å². The highest BCUT2D eigenvalue weighted by atomic mass is 32.2. The summed E-state index contributed by atoms with van der Waals surface area (Å²) in [6.07, 6.45) is 0. The molecule has 0 amide bonds. The van der Waals surface area contributed by atoms with Gasteiger partial charge in [-0.3, -0.25) is 14.2 Å². The molecule has 1 N–H and O–H groups in total. The molecule has 2 heterocycles. The lowest BCUT2D eigenvalue weighted by Crippen LogP contribution is -2.09. The fourth-order valence-corrected chi connectivity index (χ4v) is 4.48. The molecule has 0 aliphatic heterocycles. The van der Waals surface area contributed by atoms with Crippen molar-refractivity contribution in [2.24, 2.45) is 0 Å². The van der Waals surface area contributed by atoms with Crippen LogP contribution in [0.15, 0.2) is 29.4 Å². The number of aromatic nitrogens is 4. The van der Waals surface area contributed by atoms with Crippen molar-refractivity contribution in [3.05, 3.63) is 46.8 Å². The summed E-state index contributed by atoms with van der Waals surface area (Å²) in [6.45, 7) is 9.23. The van der Waals surface area contributed by atoms with Gasteiger partial charge in [-0.1, -0.05) is 11.8 Å². The molecular weight excluding hydrogens is 400 g/mol. The van der Waals surface area contributed by atoms with Crippen LogP contribution in [0.2, 0.25) is 0 Å². The molecule has 0 radical (unpaired) electrons. The number of aromatic amines is 1. The highest BCUT2D eigenvalue weighted by molar-refractivity contribution is 7.99. The Morgan fingerprint density at radius 2 is 1.83 bits per heavy atom. The molecule has 8 heteroatoms. The molecule has 0 bridgehead atoms. The van der Waals surface area contributed by atoms with Gasteiger partial charge < -0.3 is 9.72 Å². The van der Waals surface area contributed by atoms with Crippen molar-refractivity contribution in [3.8, 4) is 17.1 Å². The van der Waals surface area contributed by atoms with Crippen LogP contribution in [-0.2, 0) is 0 Å². The van der Waals surface area contributed by atoms with Gasteiger partial charge in [-0.2, -0.15) is 0 Å². The number of methoxy groups -OCH3 is 1. The van der Waals surface area contributed by atoms with Gasteiger partial charge in [-0.15, -0.1) is 10.2 Å².